The molecule has 0 radical (unpaired) electrons. The molecule has 0 aliphatic rings. The van der Waals surface area contributed by atoms with Crippen molar-refractivity contribution in [1.29, 1.82) is 0 Å². The Morgan fingerprint density at radius 2 is 1.93 bits per heavy atom. The number of nitrogens with zero attached hydrogens (tertiary/aromatic N) is 3. The Labute approximate surface area is 266 Å². The zero-order chi connectivity index (χ0) is 30.1. The van der Waals surface area contributed by atoms with E-state index in [-0.39, 0.29) is 23.6 Å². The molecule has 9 nitrogen and oxygen atoms in total. The molecule has 0 saturated carbocycles. The van der Waals surface area contributed by atoms with E-state index in [4.69, 9.17) is 18.9 Å². The molecule has 0 aliphatic heterocycles. The molecule has 2 aromatic heterocycles. The van der Waals surface area contributed by atoms with E-state index >= 15 is 0 Å². The number of carbonyl (C=O) groups is 1. The summed E-state index contributed by atoms with van der Waals surface area (Å²) in [6.07, 6.45) is 1.55. The average Bonchev–Trinajstić information content (AvgIpc) is 3.43. The van der Waals surface area contributed by atoms with Crippen LogP contribution < -0.4 is 15.0 Å². The molecule has 0 aliphatic carbocycles. The van der Waals surface area contributed by atoms with E-state index in [0.717, 1.165) is 13.4 Å². The third-order valence-electron chi connectivity index (χ3n) is 6.58. The molecule has 1 N–H and O–H groups in total. The second-order valence-electron chi connectivity index (χ2n) is 9.44. The standard InChI is InChI=1S/C32H21BrIN3O6/c1-41-27-13-19(12-24(34)29(27)42-17-18-5-4-6-20(11-18)32(39)40)16-35-37-30(36-25-8-3-2-7-23(25)31(37)38)28-15-21-14-22(33)9-10-26(21)43-28/h2-16H,17H2,1H3,(H,39,40). The van der Waals surface area contributed by atoms with Crippen molar-refractivity contribution in [2.45, 2.75) is 6.61 Å². The van der Waals surface area contributed by atoms with Gasteiger partial charge in [0.15, 0.2) is 17.3 Å². The van der Waals surface area contributed by atoms with Gasteiger partial charge in [-0.1, -0.05) is 40.2 Å². The van der Waals surface area contributed by atoms with Gasteiger partial charge < -0.3 is 19.0 Å². The van der Waals surface area contributed by atoms with Gasteiger partial charge >= 0.3 is 5.97 Å². The second-order valence-corrected chi connectivity index (χ2v) is 11.5. The first-order chi connectivity index (χ1) is 20.8. The molecular weight excluding hydrogens is 729 g/mol. The Morgan fingerprint density at radius 1 is 1.09 bits per heavy atom. The lowest BCUT2D eigenvalue weighted by atomic mass is 10.1. The highest BCUT2D eigenvalue weighted by molar-refractivity contribution is 14.1. The smallest absolute Gasteiger partial charge is 0.335 e. The molecular formula is C32H21BrIN3O6. The van der Waals surface area contributed by atoms with Crippen LogP contribution in [0.15, 0.2) is 104 Å². The second kappa shape index (κ2) is 12.0. The van der Waals surface area contributed by atoms with Gasteiger partial charge in [-0.3, -0.25) is 4.79 Å². The van der Waals surface area contributed by atoms with Gasteiger partial charge in [-0.15, -0.1) is 0 Å². The van der Waals surface area contributed by atoms with Gasteiger partial charge in [-0.05, 0) is 94.4 Å². The number of hydrogen-bond acceptors (Lipinski definition) is 7. The van der Waals surface area contributed by atoms with Gasteiger partial charge in [0.2, 0.25) is 5.82 Å². The lowest BCUT2D eigenvalue weighted by molar-refractivity contribution is 0.0696. The molecule has 6 rings (SSSR count). The number of aromatic carboxylic acids is 1. The van der Waals surface area contributed by atoms with Gasteiger partial charge in [0.1, 0.15) is 12.2 Å². The van der Waals surface area contributed by atoms with Crippen LogP contribution in [-0.2, 0) is 6.61 Å². The normalized spacial score (nSPS) is 11.4. The fraction of sp³-hybridized carbons (Fsp3) is 0.0625. The first kappa shape index (κ1) is 28.6. The number of carboxylic acid groups (broad SMARTS) is 1. The Hall–Kier alpha value is -4.49. The molecule has 11 heteroatoms. The molecule has 0 atom stereocenters. The van der Waals surface area contributed by atoms with E-state index in [0.29, 0.717) is 44.9 Å². The van der Waals surface area contributed by atoms with E-state index < -0.39 is 5.97 Å². The molecule has 0 fully saturated rings. The van der Waals surface area contributed by atoms with Gasteiger partial charge in [-0.25, -0.2) is 9.78 Å². The van der Waals surface area contributed by atoms with Crippen LogP contribution in [0, 0.1) is 3.57 Å². The van der Waals surface area contributed by atoms with Gasteiger partial charge in [0.05, 0.1) is 33.4 Å². The quantitative estimate of drug-likeness (QED) is 0.128. The molecule has 0 amide bonds. The number of fused-ring (bicyclic) bond motifs is 2. The molecule has 0 unspecified atom stereocenters. The summed E-state index contributed by atoms with van der Waals surface area (Å²) >= 11 is 5.62. The average molecular weight is 750 g/mol. The SMILES string of the molecule is COc1cc(C=Nn2c(-c3cc4cc(Br)ccc4o3)nc3ccccc3c2=O)cc(I)c1OCc1cccc(C(=O)O)c1. The largest absolute Gasteiger partial charge is 0.493 e. The summed E-state index contributed by atoms with van der Waals surface area (Å²) in [5, 5.41) is 15.1. The predicted molar refractivity (Wildman–Crippen MR) is 175 cm³/mol. The Morgan fingerprint density at radius 3 is 2.74 bits per heavy atom. The third kappa shape index (κ3) is 5.90. The maximum absolute atomic E-state index is 13.6. The number of para-hydroxylation sites is 1. The lowest BCUT2D eigenvalue weighted by Gasteiger charge is -2.14. The van der Waals surface area contributed by atoms with Crippen molar-refractivity contribution in [3.8, 4) is 23.1 Å². The van der Waals surface area contributed by atoms with Crippen molar-refractivity contribution in [3.63, 3.8) is 0 Å². The van der Waals surface area contributed by atoms with E-state index in [2.05, 4.69) is 43.6 Å². The van der Waals surface area contributed by atoms with E-state index in [1.165, 1.54) is 17.9 Å². The fourth-order valence-electron chi connectivity index (χ4n) is 4.54. The summed E-state index contributed by atoms with van der Waals surface area (Å²) in [7, 11) is 1.53. The van der Waals surface area contributed by atoms with Gasteiger partial charge in [0.25, 0.3) is 5.56 Å². The zero-order valence-electron chi connectivity index (χ0n) is 22.5. The highest BCUT2D eigenvalue weighted by Crippen LogP contribution is 2.34. The summed E-state index contributed by atoms with van der Waals surface area (Å²) in [4.78, 5) is 29.7. The Bertz CT molecular complexity index is 2120. The minimum Gasteiger partial charge on any atom is -0.493 e. The number of hydrogen-bond donors (Lipinski definition) is 1. The fourth-order valence-corrected chi connectivity index (χ4v) is 5.70. The highest BCUT2D eigenvalue weighted by atomic mass is 127. The van der Waals surface area contributed by atoms with E-state index in [1.54, 1.807) is 48.7 Å². The number of furan rings is 1. The van der Waals surface area contributed by atoms with Crippen LogP contribution in [0.25, 0.3) is 33.5 Å². The minimum atomic E-state index is -1.00. The van der Waals surface area contributed by atoms with Crippen molar-refractivity contribution in [2.75, 3.05) is 7.11 Å². The number of rotatable bonds is 8. The van der Waals surface area contributed by atoms with Crippen LogP contribution in [0.2, 0.25) is 0 Å². The van der Waals surface area contributed by atoms with Gasteiger partial charge in [0, 0.05) is 9.86 Å². The topological polar surface area (TPSA) is 116 Å². The van der Waals surface area contributed by atoms with Crippen molar-refractivity contribution in [2.24, 2.45) is 5.10 Å². The minimum absolute atomic E-state index is 0.149. The number of benzene rings is 4. The number of halogens is 2. The van der Waals surface area contributed by atoms with Crippen LogP contribution in [0.1, 0.15) is 21.5 Å². The summed E-state index contributed by atoms with van der Waals surface area (Å²) in [6, 6.07) is 24.7. The third-order valence-corrected chi connectivity index (χ3v) is 7.88. The van der Waals surface area contributed by atoms with Crippen molar-refractivity contribution >= 4 is 72.6 Å². The zero-order valence-corrected chi connectivity index (χ0v) is 26.2. The monoisotopic (exact) mass is 749 g/mol. The number of carboxylic acids is 1. The number of methoxy groups -OCH3 is 1. The van der Waals surface area contributed by atoms with Crippen LogP contribution in [0.3, 0.4) is 0 Å². The molecule has 6 aromatic rings. The maximum Gasteiger partial charge on any atom is 0.335 e. The summed E-state index contributed by atoms with van der Waals surface area (Å²) in [6.45, 7) is 0.149. The molecule has 214 valence electrons. The van der Waals surface area contributed by atoms with E-state index in [9.17, 15) is 14.7 Å². The van der Waals surface area contributed by atoms with Crippen LogP contribution >= 0.6 is 38.5 Å². The Balaban J connectivity index is 1.37. The molecule has 0 saturated heterocycles. The van der Waals surface area contributed by atoms with Crippen LogP contribution in [-0.4, -0.2) is 34.1 Å². The Kier molecular flexibility index (Phi) is 8.00. The number of aromatic nitrogens is 2. The summed E-state index contributed by atoms with van der Waals surface area (Å²) < 4.78 is 20.6. The highest BCUT2D eigenvalue weighted by Gasteiger charge is 2.17. The van der Waals surface area contributed by atoms with Gasteiger partial charge in [-0.2, -0.15) is 9.78 Å². The van der Waals surface area contributed by atoms with Crippen LogP contribution in [0.4, 0.5) is 0 Å². The van der Waals surface area contributed by atoms with Crippen LogP contribution in [0.5, 0.6) is 11.5 Å². The molecule has 4 aromatic carbocycles. The van der Waals surface area contributed by atoms with Crippen molar-refractivity contribution in [1.82, 2.24) is 9.66 Å². The molecule has 43 heavy (non-hydrogen) atoms. The van der Waals surface area contributed by atoms with Crippen molar-refractivity contribution in [3.05, 3.63) is 120 Å². The van der Waals surface area contributed by atoms with E-state index in [1.807, 2.05) is 36.4 Å². The summed E-state index contributed by atoms with van der Waals surface area (Å²) in [5.41, 5.74) is 2.38. The lowest BCUT2D eigenvalue weighted by Crippen LogP contribution is -2.20. The first-order valence-corrected chi connectivity index (χ1v) is 14.8. The number of ether oxygens (including phenoxy) is 2. The first-order valence-electron chi connectivity index (χ1n) is 12.9. The molecule has 0 spiro atoms. The van der Waals surface area contributed by atoms with Crippen molar-refractivity contribution < 1.29 is 23.8 Å². The molecule has 2 heterocycles. The molecule has 0 bridgehead atoms. The summed E-state index contributed by atoms with van der Waals surface area (Å²) in [5.74, 6) is 0.609. The maximum atomic E-state index is 13.6. The predicted octanol–water partition coefficient (Wildman–Crippen LogP) is 7.34.